The quantitative estimate of drug-likeness (QED) is 0.230. The Hall–Kier alpha value is 1.98. The normalized spacial score (nSPS) is 11.4. The van der Waals surface area contributed by atoms with Crippen LogP contribution in [0.3, 0.4) is 0 Å². The molecule has 0 atom stereocenters. The first kappa shape index (κ1) is 24.6. The van der Waals surface area contributed by atoms with E-state index in [1.54, 1.807) is 0 Å². The first-order valence-electron chi connectivity index (χ1n) is 7.53. The summed E-state index contributed by atoms with van der Waals surface area (Å²) in [5.41, 5.74) is 3.36. The van der Waals surface area contributed by atoms with Crippen molar-refractivity contribution in [1.29, 1.82) is 0 Å². The molecule has 0 heterocycles. The Labute approximate surface area is 239 Å². The van der Waals surface area contributed by atoms with E-state index in [0.29, 0.717) is 0 Å². The molecule has 146 valence electrons. The Morgan fingerprint density at radius 1 is 0.357 bits per heavy atom. The molecule has 0 aliphatic heterocycles. The number of rotatable bonds is 3. The maximum absolute atomic E-state index is 3.78. The Morgan fingerprint density at radius 2 is 0.536 bits per heavy atom. The van der Waals surface area contributed by atoms with Crippen molar-refractivity contribution in [3.05, 3.63) is 93.3 Å². The lowest BCUT2D eigenvalue weighted by Gasteiger charge is -2.26. The molecule has 0 radical (unpaired) electrons. The third-order valence-electron chi connectivity index (χ3n) is 4.00. The molecule has 0 bridgehead atoms. The van der Waals surface area contributed by atoms with Crippen LogP contribution in [0, 0.1) is 0 Å². The molecule has 3 aromatic carbocycles. The van der Waals surface area contributed by atoms with E-state index in [-0.39, 0.29) is 5.92 Å². The summed E-state index contributed by atoms with van der Waals surface area (Å²) in [5.74, 6) is -0.0782. The fraction of sp³-hybridized carbons (Fsp3) is 0.0526. The highest BCUT2D eigenvalue weighted by Crippen LogP contribution is 2.50. The van der Waals surface area contributed by atoms with Crippen molar-refractivity contribution in [2.24, 2.45) is 0 Å². The van der Waals surface area contributed by atoms with Gasteiger partial charge in [0, 0.05) is 46.2 Å². The van der Waals surface area contributed by atoms with Crippen molar-refractivity contribution in [1.82, 2.24) is 0 Å². The van der Waals surface area contributed by atoms with Crippen LogP contribution in [0.25, 0.3) is 0 Å². The van der Waals surface area contributed by atoms with Gasteiger partial charge in [-0.3, -0.25) is 0 Å². The molecule has 0 aliphatic carbocycles. The largest absolute Gasteiger partial charge is 0.0508 e. The molecule has 3 aromatic rings. The molecule has 0 saturated carbocycles. The molecule has 0 nitrogen and oxygen atoms in total. The van der Waals surface area contributed by atoms with E-state index in [1.807, 2.05) is 0 Å². The second-order valence-corrected chi connectivity index (χ2v) is 13.7. The van der Waals surface area contributed by atoms with Gasteiger partial charge in [0.1, 0.15) is 0 Å². The summed E-state index contributed by atoms with van der Waals surface area (Å²) in [7, 11) is 0. The average Bonchev–Trinajstić information content (AvgIpc) is 2.51. The van der Waals surface area contributed by atoms with Crippen LogP contribution in [0.4, 0.5) is 0 Å². The SMILES string of the molecule is Brc1cc(Br)c(C(c2c(Br)cc(Br)cc2Br)c2c(Br)cc(Br)cc2Br)c(Br)c1. The number of hydrogen-bond acceptors (Lipinski definition) is 0. The van der Waals surface area contributed by atoms with Crippen molar-refractivity contribution in [3.63, 3.8) is 0 Å². The topological polar surface area (TPSA) is 0 Å². The third-order valence-corrected chi connectivity index (χ3v) is 9.31. The maximum atomic E-state index is 3.78. The molecule has 0 aromatic heterocycles. The van der Waals surface area contributed by atoms with Gasteiger partial charge in [0.05, 0.1) is 0 Å². The molecule has 0 amide bonds. The average molecular weight is 954 g/mol. The summed E-state index contributed by atoms with van der Waals surface area (Å²) in [6, 6.07) is 12.4. The van der Waals surface area contributed by atoms with Gasteiger partial charge in [-0.05, 0) is 53.1 Å². The van der Waals surface area contributed by atoms with Crippen LogP contribution < -0.4 is 0 Å². The Bertz CT molecular complexity index is 869. The lowest BCUT2D eigenvalue weighted by Crippen LogP contribution is -2.09. The first-order chi connectivity index (χ1) is 13.1. The zero-order valence-electron chi connectivity index (χ0n) is 13.4. The van der Waals surface area contributed by atoms with Crippen LogP contribution in [0.2, 0.25) is 0 Å². The lowest BCUT2D eigenvalue weighted by molar-refractivity contribution is 0.932. The van der Waals surface area contributed by atoms with Crippen molar-refractivity contribution in [3.8, 4) is 0 Å². The van der Waals surface area contributed by atoms with Crippen LogP contribution in [-0.4, -0.2) is 0 Å². The molecular weight excluding hydrogens is 947 g/mol. The van der Waals surface area contributed by atoms with Crippen molar-refractivity contribution in [2.45, 2.75) is 5.92 Å². The van der Waals surface area contributed by atoms with E-state index < -0.39 is 0 Å². The fourth-order valence-electron chi connectivity index (χ4n) is 2.92. The van der Waals surface area contributed by atoms with Gasteiger partial charge in [0.2, 0.25) is 0 Å². The van der Waals surface area contributed by atoms with Gasteiger partial charge in [0.15, 0.2) is 0 Å². The fourth-order valence-corrected chi connectivity index (χ4v) is 11.1. The number of hydrogen-bond donors (Lipinski definition) is 0. The summed E-state index contributed by atoms with van der Waals surface area (Å²) in [5, 5.41) is 0. The number of benzene rings is 3. The van der Waals surface area contributed by atoms with Crippen molar-refractivity contribution in [2.75, 3.05) is 0 Å². The highest BCUT2D eigenvalue weighted by atomic mass is 79.9. The minimum absolute atomic E-state index is 0.0782. The van der Waals surface area contributed by atoms with Crippen LogP contribution in [0.1, 0.15) is 22.6 Å². The Kier molecular flexibility index (Phi) is 9.04. The smallest absolute Gasteiger partial charge is 0.0407 e. The molecule has 0 aliphatic rings. The van der Waals surface area contributed by atoms with Crippen LogP contribution >= 0.6 is 143 Å². The first-order valence-corrected chi connectivity index (χ1v) is 14.7. The van der Waals surface area contributed by atoms with E-state index in [4.69, 9.17) is 0 Å². The summed E-state index contributed by atoms with van der Waals surface area (Å²) in [4.78, 5) is 0. The van der Waals surface area contributed by atoms with Crippen LogP contribution in [0.15, 0.2) is 76.7 Å². The summed E-state index contributed by atoms with van der Waals surface area (Å²) >= 11 is 33.4. The molecule has 0 fully saturated rings. The molecule has 0 saturated heterocycles. The van der Waals surface area contributed by atoms with Crippen LogP contribution in [0.5, 0.6) is 0 Å². The molecule has 3 rings (SSSR count). The van der Waals surface area contributed by atoms with E-state index in [9.17, 15) is 0 Å². The summed E-state index contributed by atoms with van der Waals surface area (Å²) in [6.45, 7) is 0. The maximum Gasteiger partial charge on any atom is 0.0407 e. The molecule has 9 heteroatoms. The van der Waals surface area contributed by atoms with Crippen molar-refractivity contribution < 1.29 is 0 Å². The Balaban J connectivity index is 2.45. The Morgan fingerprint density at radius 3 is 0.714 bits per heavy atom. The van der Waals surface area contributed by atoms with Gasteiger partial charge in [-0.25, -0.2) is 0 Å². The van der Waals surface area contributed by atoms with E-state index in [1.165, 1.54) is 0 Å². The van der Waals surface area contributed by atoms with Gasteiger partial charge < -0.3 is 0 Å². The highest BCUT2D eigenvalue weighted by Gasteiger charge is 2.30. The van der Waals surface area contributed by atoms with E-state index in [0.717, 1.165) is 56.9 Å². The minimum atomic E-state index is -0.0782. The van der Waals surface area contributed by atoms with Gasteiger partial charge in [-0.1, -0.05) is 143 Å². The van der Waals surface area contributed by atoms with Crippen LogP contribution in [-0.2, 0) is 0 Å². The predicted octanol–water partition coefficient (Wildman–Crippen LogP) is 11.7. The number of halogens is 9. The lowest BCUT2D eigenvalue weighted by atomic mass is 9.85. The molecule has 0 unspecified atom stereocenters. The second kappa shape index (κ2) is 10.3. The van der Waals surface area contributed by atoms with E-state index >= 15 is 0 Å². The standard InChI is InChI=1S/C19H7Br9/c20-7-1-10(23)16(11(24)2-7)19(17-12(25)3-8(21)4-13(17)26)18-14(27)5-9(22)6-15(18)28/h1-6,19H. The predicted molar refractivity (Wildman–Crippen MR) is 150 cm³/mol. The molecule has 0 spiro atoms. The summed E-state index contributed by atoms with van der Waals surface area (Å²) in [6.07, 6.45) is 0. The van der Waals surface area contributed by atoms with Gasteiger partial charge in [-0.15, -0.1) is 0 Å². The van der Waals surface area contributed by atoms with Gasteiger partial charge in [0.25, 0.3) is 0 Å². The zero-order chi connectivity index (χ0) is 20.7. The minimum Gasteiger partial charge on any atom is -0.0508 e. The summed E-state index contributed by atoms with van der Waals surface area (Å²) < 4.78 is 9.00. The highest BCUT2D eigenvalue weighted by molar-refractivity contribution is 9.12. The second-order valence-electron chi connectivity index (χ2n) is 5.78. The molecular formula is C19H7Br9. The van der Waals surface area contributed by atoms with Gasteiger partial charge >= 0.3 is 0 Å². The molecule has 0 N–H and O–H groups in total. The zero-order valence-corrected chi connectivity index (χ0v) is 27.7. The van der Waals surface area contributed by atoms with E-state index in [2.05, 4.69) is 180 Å². The molecule has 28 heavy (non-hydrogen) atoms. The monoisotopic (exact) mass is 945 g/mol. The van der Waals surface area contributed by atoms with Gasteiger partial charge in [-0.2, -0.15) is 0 Å². The van der Waals surface area contributed by atoms with Crippen molar-refractivity contribution >= 4 is 143 Å². The third kappa shape index (κ3) is 5.30.